The number of hydrogen-bond acceptors (Lipinski definition) is 4. The molecular weight excluding hydrogens is 320 g/mol. The fourth-order valence-corrected chi connectivity index (χ4v) is 4.04. The zero-order valence-electron chi connectivity index (χ0n) is 14.7. The van der Waals surface area contributed by atoms with Gasteiger partial charge >= 0.3 is 6.03 Å². The Labute approximate surface area is 147 Å². The number of rotatable bonds is 1. The lowest BCUT2D eigenvalue weighted by Gasteiger charge is -2.56. The number of amides is 3. The Morgan fingerprint density at radius 2 is 1.88 bits per heavy atom. The lowest BCUT2D eigenvalue weighted by Crippen LogP contribution is -2.66. The van der Waals surface area contributed by atoms with Gasteiger partial charge < -0.3 is 24.8 Å². The van der Waals surface area contributed by atoms with Crippen molar-refractivity contribution in [2.75, 3.05) is 50.6 Å². The summed E-state index contributed by atoms with van der Waals surface area (Å²) in [6.45, 7) is 2.87. The van der Waals surface area contributed by atoms with E-state index >= 15 is 0 Å². The van der Waals surface area contributed by atoms with E-state index in [4.69, 9.17) is 4.74 Å². The highest BCUT2D eigenvalue weighted by Crippen LogP contribution is 2.42. The van der Waals surface area contributed by atoms with Gasteiger partial charge in [0.1, 0.15) is 11.4 Å². The number of urea groups is 1. The van der Waals surface area contributed by atoms with E-state index in [9.17, 15) is 9.59 Å². The van der Waals surface area contributed by atoms with Crippen LogP contribution in [0.4, 0.5) is 16.2 Å². The molecule has 0 aromatic heterocycles. The molecular formula is C18H24N4O3. The summed E-state index contributed by atoms with van der Waals surface area (Å²) in [6, 6.07) is 5.38. The highest BCUT2D eigenvalue weighted by atomic mass is 16.5. The largest absolute Gasteiger partial charge is 0.481 e. The molecule has 134 valence electrons. The molecule has 0 radical (unpaired) electrons. The highest BCUT2D eigenvalue weighted by molar-refractivity contribution is 6.04. The van der Waals surface area contributed by atoms with Crippen LogP contribution in [0.5, 0.6) is 5.75 Å². The first-order chi connectivity index (χ1) is 12.0. The standard InChI is InChI=1S/C18H24N4O3/c1-20-9-6-18(7-10-20)8-11-22(18)17(24)19-13-4-3-5-14-16(13)21(2)15(23)12-25-14/h3-5H,6-12H2,1-2H3,(H,19,24). The van der Waals surface area contributed by atoms with Gasteiger partial charge in [-0.2, -0.15) is 0 Å². The van der Waals surface area contributed by atoms with E-state index in [1.807, 2.05) is 23.1 Å². The first-order valence-corrected chi connectivity index (χ1v) is 8.80. The minimum Gasteiger partial charge on any atom is -0.481 e. The van der Waals surface area contributed by atoms with Crippen LogP contribution in [0.1, 0.15) is 19.3 Å². The number of piperidine rings is 1. The Morgan fingerprint density at radius 1 is 1.16 bits per heavy atom. The summed E-state index contributed by atoms with van der Waals surface area (Å²) in [5.74, 6) is 0.502. The second kappa shape index (κ2) is 5.91. The number of carbonyl (C=O) groups excluding carboxylic acids is 2. The van der Waals surface area contributed by atoms with Crippen LogP contribution in [-0.4, -0.2) is 67.6 Å². The van der Waals surface area contributed by atoms with Crippen molar-refractivity contribution < 1.29 is 14.3 Å². The van der Waals surface area contributed by atoms with Gasteiger partial charge in [0.2, 0.25) is 0 Å². The van der Waals surface area contributed by atoms with Gasteiger partial charge in [0.05, 0.1) is 5.69 Å². The number of fused-ring (bicyclic) bond motifs is 1. The minimum atomic E-state index is -0.120. The van der Waals surface area contributed by atoms with Crippen LogP contribution in [-0.2, 0) is 4.79 Å². The number of hydrogen-bond donors (Lipinski definition) is 1. The lowest BCUT2D eigenvalue weighted by molar-refractivity contribution is -0.120. The number of anilines is 2. The molecule has 3 heterocycles. The Bertz CT molecular complexity index is 712. The molecule has 1 aromatic rings. The molecule has 0 saturated carbocycles. The van der Waals surface area contributed by atoms with Crippen LogP contribution >= 0.6 is 0 Å². The van der Waals surface area contributed by atoms with E-state index in [0.717, 1.165) is 38.9 Å². The van der Waals surface area contributed by atoms with Crippen LogP contribution in [0.15, 0.2) is 18.2 Å². The molecule has 7 nitrogen and oxygen atoms in total. The lowest BCUT2D eigenvalue weighted by atomic mass is 9.77. The summed E-state index contributed by atoms with van der Waals surface area (Å²) in [6.07, 6.45) is 3.11. The fourth-order valence-electron chi connectivity index (χ4n) is 4.04. The number of likely N-dealkylation sites (N-methyl/N-ethyl adjacent to an activating group) is 1. The molecule has 3 amide bonds. The number of carbonyl (C=O) groups is 2. The maximum atomic E-state index is 12.9. The van der Waals surface area contributed by atoms with E-state index in [0.29, 0.717) is 17.1 Å². The summed E-state index contributed by atoms with van der Waals surface area (Å²) in [4.78, 5) is 30.6. The molecule has 1 aromatic carbocycles. The molecule has 2 saturated heterocycles. The van der Waals surface area contributed by atoms with Crippen molar-refractivity contribution >= 4 is 23.3 Å². The van der Waals surface area contributed by atoms with E-state index in [1.165, 1.54) is 0 Å². The molecule has 3 aliphatic heterocycles. The number of benzene rings is 1. The predicted molar refractivity (Wildman–Crippen MR) is 95.2 cm³/mol. The van der Waals surface area contributed by atoms with Gasteiger partial charge in [-0.3, -0.25) is 4.79 Å². The van der Waals surface area contributed by atoms with Crippen LogP contribution in [0, 0.1) is 0 Å². The average molecular weight is 344 g/mol. The summed E-state index contributed by atoms with van der Waals surface area (Å²) in [5, 5.41) is 3.01. The Hall–Kier alpha value is -2.28. The average Bonchev–Trinajstić information content (AvgIpc) is 2.58. The van der Waals surface area contributed by atoms with Crippen molar-refractivity contribution in [3.8, 4) is 5.75 Å². The van der Waals surface area contributed by atoms with Gasteiger partial charge in [0.25, 0.3) is 5.91 Å². The molecule has 1 spiro atoms. The van der Waals surface area contributed by atoms with Gasteiger partial charge in [-0.1, -0.05) is 6.07 Å². The molecule has 0 unspecified atom stereocenters. The first-order valence-electron chi connectivity index (χ1n) is 8.80. The SMILES string of the molecule is CN1CCC2(CC1)CCN2C(=O)Nc1cccc2c1N(C)C(=O)CO2. The van der Waals surface area contributed by atoms with E-state index in [2.05, 4.69) is 17.3 Å². The van der Waals surface area contributed by atoms with Crippen molar-refractivity contribution in [1.82, 2.24) is 9.80 Å². The molecule has 0 aliphatic carbocycles. The topological polar surface area (TPSA) is 65.1 Å². The van der Waals surface area contributed by atoms with Crippen molar-refractivity contribution in [1.29, 1.82) is 0 Å². The van der Waals surface area contributed by atoms with Crippen LogP contribution < -0.4 is 15.0 Å². The van der Waals surface area contributed by atoms with Crippen molar-refractivity contribution in [2.24, 2.45) is 0 Å². The number of likely N-dealkylation sites (tertiary alicyclic amines) is 2. The van der Waals surface area contributed by atoms with Gasteiger partial charge in [-0.05, 0) is 38.4 Å². The Kier molecular flexibility index (Phi) is 3.83. The van der Waals surface area contributed by atoms with Gasteiger partial charge in [0, 0.05) is 32.2 Å². The highest BCUT2D eigenvalue weighted by Gasteiger charge is 2.48. The molecule has 7 heteroatoms. The summed E-state index contributed by atoms with van der Waals surface area (Å²) in [5.41, 5.74) is 1.25. The molecule has 3 aliphatic rings. The molecule has 0 bridgehead atoms. The number of ether oxygens (including phenoxy) is 1. The van der Waals surface area contributed by atoms with Crippen molar-refractivity contribution in [3.05, 3.63) is 18.2 Å². The second-order valence-corrected chi connectivity index (χ2v) is 7.25. The maximum Gasteiger partial charge on any atom is 0.322 e. The number of nitrogens with one attached hydrogen (secondary N) is 1. The molecule has 2 fully saturated rings. The van der Waals surface area contributed by atoms with Crippen molar-refractivity contribution in [2.45, 2.75) is 24.8 Å². The zero-order chi connectivity index (χ0) is 17.6. The second-order valence-electron chi connectivity index (χ2n) is 7.25. The van der Waals surface area contributed by atoms with Crippen molar-refractivity contribution in [3.63, 3.8) is 0 Å². The number of para-hydroxylation sites is 1. The molecule has 25 heavy (non-hydrogen) atoms. The summed E-state index contributed by atoms with van der Waals surface area (Å²) < 4.78 is 5.49. The third kappa shape index (κ3) is 2.63. The smallest absolute Gasteiger partial charge is 0.322 e. The molecule has 4 rings (SSSR count). The Morgan fingerprint density at radius 3 is 2.56 bits per heavy atom. The Balaban J connectivity index is 1.53. The molecule has 1 N–H and O–H groups in total. The zero-order valence-corrected chi connectivity index (χ0v) is 14.7. The van der Waals surface area contributed by atoms with Gasteiger partial charge in [-0.25, -0.2) is 4.79 Å². The number of nitrogens with zero attached hydrogens (tertiary/aromatic N) is 3. The normalized spacial score (nSPS) is 22.2. The van der Waals surface area contributed by atoms with E-state index < -0.39 is 0 Å². The summed E-state index contributed by atoms with van der Waals surface area (Å²) in [7, 11) is 3.83. The fraction of sp³-hybridized carbons (Fsp3) is 0.556. The quantitative estimate of drug-likeness (QED) is 0.843. The predicted octanol–water partition coefficient (Wildman–Crippen LogP) is 1.74. The minimum absolute atomic E-state index is 0.00363. The van der Waals surface area contributed by atoms with E-state index in [1.54, 1.807) is 11.9 Å². The first kappa shape index (κ1) is 16.2. The third-order valence-corrected chi connectivity index (χ3v) is 5.84. The van der Waals surface area contributed by atoms with Gasteiger partial charge in [0.15, 0.2) is 6.61 Å². The molecule has 0 atom stereocenters. The van der Waals surface area contributed by atoms with E-state index in [-0.39, 0.29) is 24.1 Å². The van der Waals surface area contributed by atoms with Crippen LogP contribution in [0.3, 0.4) is 0 Å². The maximum absolute atomic E-state index is 12.9. The van der Waals surface area contributed by atoms with Crippen LogP contribution in [0.2, 0.25) is 0 Å². The van der Waals surface area contributed by atoms with Crippen LogP contribution in [0.25, 0.3) is 0 Å². The van der Waals surface area contributed by atoms with Gasteiger partial charge in [-0.15, -0.1) is 0 Å². The third-order valence-electron chi connectivity index (χ3n) is 5.84. The monoisotopic (exact) mass is 344 g/mol. The summed E-state index contributed by atoms with van der Waals surface area (Å²) >= 11 is 0.